The fourth-order valence-corrected chi connectivity index (χ4v) is 3.53. The zero-order valence-electron chi connectivity index (χ0n) is 9.67. The average Bonchev–Trinajstić information content (AvgIpc) is 2.40. The van der Waals surface area contributed by atoms with E-state index < -0.39 is 10.0 Å². The van der Waals surface area contributed by atoms with Crippen LogP contribution in [0.5, 0.6) is 0 Å². The van der Waals surface area contributed by atoms with Crippen molar-refractivity contribution >= 4 is 37.5 Å². The molecule has 1 N–H and O–H groups in total. The Morgan fingerprint density at radius 1 is 1.05 bits per heavy atom. The van der Waals surface area contributed by atoms with Crippen LogP contribution >= 0.6 is 15.9 Å². The summed E-state index contributed by atoms with van der Waals surface area (Å²) in [7, 11) is -3.67. The smallest absolute Gasteiger partial charge is 0.286 e. The first-order valence-electron chi connectivity index (χ1n) is 5.53. The molecule has 0 radical (unpaired) electrons. The molecule has 2 aromatic carbocycles. The number of rotatable bonds is 1. The van der Waals surface area contributed by atoms with Crippen LogP contribution in [0.25, 0.3) is 0 Å². The van der Waals surface area contributed by atoms with Gasteiger partial charge in [0.25, 0.3) is 10.0 Å². The van der Waals surface area contributed by atoms with E-state index in [9.17, 15) is 8.42 Å². The predicted octanol–water partition coefficient (Wildman–Crippen LogP) is 3.01. The number of benzene rings is 2. The summed E-state index contributed by atoms with van der Waals surface area (Å²) in [6, 6.07) is 14.2. The van der Waals surface area contributed by atoms with E-state index in [0.29, 0.717) is 16.0 Å². The second-order valence-electron chi connectivity index (χ2n) is 4.05. The number of sulfonamides is 1. The highest BCUT2D eigenvalue weighted by atomic mass is 79.9. The van der Waals surface area contributed by atoms with Gasteiger partial charge in [0.1, 0.15) is 4.90 Å². The molecule has 3 rings (SSSR count). The van der Waals surface area contributed by atoms with Gasteiger partial charge in [-0.3, -0.25) is 0 Å². The van der Waals surface area contributed by atoms with Crippen molar-refractivity contribution in [3.8, 4) is 0 Å². The van der Waals surface area contributed by atoms with Crippen molar-refractivity contribution in [2.24, 2.45) is 4.40 Å². The van der Waals surface area contributed by atoms with E-state index in [-0.39, 0.29) is 4.90 Å². The number of anilines is 1. The highest BCUT2D eigenvalue weighted by molar-refractivity contribution is 9.10. The molecule has 0 unspecified atom stereocenters. The van der Waals surface area contributed by atoms with Crippen molar-refractivity contribution in [3.05, 3.63) is 58.6 Å². The summed E-state index contributed by atoms with van der Waals surface area (Å²) in [6.45, 7) is 0. The van der Waals surface area contributed by atoms with E-state index >= 15 is 0 Å². The predicted molar refractivity (Wildman–Crippen MR) is 77.9 cm³/mol. The molecular formula is C13H9BrN2O2S. The van der Waals surface area contributed by atoms with Crippen LogP contribution in [0.4, 0.5) is 5.69 Å². The molecule has 1 aliphatic rings. The van der Waals surface area contributed by atoms with Crippen molar-refractivity contribution in [1.82, 2.24) is 0 Å². The summed E-state index contributed by atoms with van der Waals surface area (Å²) in [5, 5.41) is 3.05. The molecule has 0 amide bonds. The molecule has 0 atom stereocenters. The quantitative estimate of drug-likeness (QED) is 0.870. The number of amidine groups is 1. The van der Waals surface area contributed by atoms with Crippen LogP contribution in [0.1, 0.15) is 5.56 Å². The molecule has 0 saturated carbocycles. The minimum atomic E-state index is -3.67. The zero-order chi connectivity index (χ0) is 13.5. The lowest BCUT2D eigenvalue weighted by Crippen LogP contribution is -2.22. The molecule has 0 fully saturated rings. The zero-order valence-corrected chi connectivity index (χ0v) is 12.1. The van der Waals surface area contributed by atoms with Crippen LogP contribution in [0.2, 0.25) is 0 Å². The third-order valence-electron chi connectivity index (χ3n) is 2.73. The van der Waals surface area contributed by atoms with Gasteiger partial charge in [-0.2, -0.15) is 8.42 Å². The van der Waals surface area contributed by atoms with Gasteiger partial charge in [-0.05, 0) is 18.2 Å². The Morgan fingerprint density at radius 2 is 1.79 bits per heavy atom. The topological polar surface area (TPSA) is 58.5 Å². The maximum absolute atomic E-state index is 12.2. The Bertz CT molecular complexity index is 770. The summed E-state index contributed by atoms with van der Waals surface area (Å²) in [5.41, 5.74) is 1.27. The summed E-state index contributed by atoms with van der Waals surface area (Å²) < 4.78 is 28.8. The van der Waals surface area contributed by atoms with Gasteiger partial charge in [0.2, 0.25) is 0 Å². The van der Waals surface area contributed by atoms with Crippen LogP contribution < -0.4 is 5.32 Å². The number of hydrogen-bond acceptors (Lipinski definition) is 3. The molecule has 4 nitrogen and oxygen atoms in total. The van der Waals surface area contributed by atoms with Gasteiger partial charge in [-0.25, -0.2) is 0 Å². The molecule has 0 bridgehead atoms. The third-order valence-corrected chi connectivity index (χ3v) is 4.54. The number of halogens is 1. The monoisotopic (exact) mass is 336 g/mol. The summed E-state index contributed by atoms with van der Waals surface area (Å²) in [6.07, 6.45) is 0. The molecule has 1 heterocycles. The highest BCUT2D eigenvalue weighted by Gasteiger charge is 2.25. The molecule has 0 spiro atoms. The molecule has 96 valence electrons. The molecule has 2 aromatic rings. The lowest BCUT2D eigenvalue weighted by atomic mass is 10.2. The van der Waals surface area contributed by atoms with Crippen LogP contribution in [0.3, 0.4) is 0 Å². The lowest BCUT2D eigenvalue weighted by Gasteiger charge is -2.18. The van der Waals surface area contributed by atoms with E-state index in [1.54, 1.807) is 18.2 Å². The molecular weight excluding hydrogens is 328 g/mol. The normalized spacial score (nSPS) is 16.2. The molecule has 19 heavy (non-hydrogen) atoms. The number of nitrogens with one attached hydrogen (secondary N) is 1. The van der Waals surface area contributed by atoms with Crippen molar-refractivity contribution < 1.29 is 8.42 Å². The van der Waals surface area contributed by atoms with Crippen LogP contribution in [0.15, 0.2) is 62.3 Å². The van der Waals surface area contributed by atoms with E-state index in [1.807, 2.05) is 30.3 Å². The molecule has 1 aliphatic heterocycles. The minimum Gasteiger partial charge on any atom is -0.338 e. The van der Waals surface area contributed by atoms with Crippen molar-refractivity contribution in [2.75, 3.05) is 5.32 Å². The van der Waals surface area contributed by atoms with Crippen LogP contribution in [-0.4, -0.2) is 14.3 Å². The fourth-order valence-electron chi connectivity index (χ4n) is 1.85. The third kappa shape index (κ3) is 2.29. The largest absolute Gasteiger partial charge is 0.338 e. The second-order valence-corrected chi connectivity index (χ2v) is 6.53. The molecule has 0 aromatic heterocycles. The van der Waals surface area contributed by atoms with Crippen molar-refractivity contribution in [1.29, 1.82) is 0 Å². The van der Waals surface area contributed by atoms with E-state index in [1.165, 1.54) is 0 Å². The summed E-state index contributed by atoms with van der Waals surface area (Å²) in [5.74, 6) is 0.343. The average molecular weight is 337 g/mol. The van der Waals surface area contributed by atoms with Gasteiger partial charge >= 0.3 is 0 Å². The van der Waals surface area contributed by atoms with E-state index in [2.05, 4.69) is 25.6 Å². The minimum absolute atomic E-state index is 0.182. The highest BCUT2D eigenvalue weighted by Crippen LogP contribution is 2.30. The Hall–Kier alpha value is -1.66. The number of hydrogen-bond donors (Lipinski definition) is 1. The summed E-state index contributed by atoms with van der Waals surface area (Å²) in [4.78, 5) is 0.182. The molecule has 0 saturated heterocycles. The Kier molecular flexibility index (Phi) is 2.91. The van der Waals surface area contributed by atoms with Crippen molar-refractivity contribution in [2.45, 2.75) is 4.90 Å². The van der Waals surface area contributed by atoms with Crippen LogP contribution in [-0.2, 0) is 10.0 Å². The van der Waals surface area contributed by atoms with E-state index in [0.717, 1.165) is 5.56 Å². The van der Waals surface area contributed by atoms with E-state index in [4.69, 9.17) is 0 Å². The Labute approximate surface area is 119 Å². The number of fused-ring (bicyclic) bond motifs is 1. The molecule has 6 heteroatoms. The van der Waals surface area contributed by atoms with Gasteiger partial charge in [-0.1, -0.05) is 46.3 Å². The summed E-state index contributed by atoms with van der Waals surface area (Å²) >= 11 is 3.26. The number of nitrogens with zero attached hydrogens (tertiary/aromatic N) is 1. The lowest BCUT2D eigenvalue weighted by molar-refractivity contribution is 0.598. The SMILES string of the molecule is O=S1(=O)N=C(c2ccccc2)Nc2ccc(Br)cc21. The second kappa shape index (κ2) is 4.47. The standard InChI is InChI=1S/C13H9BrN2O2S/c14-10-6-7-11-12(8-10)19(17,18)16-13(15-11)9-4-2-1-3-5-9/h1-8H,(H,15,16). The maximum atomic E-state index is 12.2. The van der Waals surface area contributed by atoms with Gasteiger partial charge in [0.05, 0.1) is 5.69 Å². The van der Waals surface area contributed by atoms with Crippen molar-refractivity contribution in [3.63, 3.8) is 0 Å². The first-order chi connectivity index (χ1) is 9.06. The Balaban J connectivity index is 2.16. The first kappa shape index (κ1) is 12.4. The van der Waals surface area contributed by atoms with Crippen LogP contribution in [0, 0.1) is 0 Å². The Morgan fingerprint density at radius 3 is 2.53 bits per heavy atom. The van der Waals surface area contributed by atoms with Gasteiger partial charge in [-0.15, -0.1) is 4.40 Å². The van der Waals surface area contributed by atoms with Gasteiger partial charge in [0.15, 0.2) is 5.84 Å². The first-order valence-corrected chi connectivity index (χ1v) is 7.76. The van der Waals surface area contributed by atoms with Gasteiger partial charge in [0, 0.05) is 10.0 Å². The van der Waals surface area contributed by atoms with Gasteiger partial charge < -0.3 is 5.32 Å². The molecule has 0 aliphatic carbocycles. The maximum Gasteiger partial charge on any atom is 0.286 e. The fraction of sp³-hybridized carbons (Fsp3) is 0.